The first kappa shape index (κ1) is 17.2. The Hall–Kier alpha value is -3.20. The molecule has 0 spiro atoms. The first-order valence-electron chi connectivity index (χ1n) is 9.38. The number of aryl methyl sites for hydroxylation is 1. The van der Waals surface area contributed by atoms with Gasteiger partial charge in [0.15, 0.2) is 5.78 Å². The Morgan fingerprint density at radius 1 is 0.889 bits per heavy atom. The smallest absolute Gasteiger partial charge is 0.174 e. The number of nitrogens with zero attached hydrogens (tertiary/aromatic N) is 2. The fourth-order valence-electron chi connectivity index (χ4n) is 3.60. The molecule has 1 unspecified atom stereocenters. The van der Waals surface area contributed by atoms with E-state index in [-0.39, 0.29) is 11.7 Å². The zero-order valence-electron chi connectivity index (χ0n) is 15.2. The number of aromatic nitrogens is 2. The van der Waals surface area contributed by atoms with Crippen LogP contribution in [0.2, 0.25) is 0 Å². The number of carbonyl (C=O) groups excluding carboxylic acids is 1. The van der Waals surface area contributed by atoms with Crippen LogP contribution in [-0.2, 0) is 6.42 Å². The number of hydrogen-bond acceptors (Lipinski definition) is 2. The van der Waals surface area contributed by atoms with Gasteiger partial charge in [0.25, 0.3) is 0 Å². The van der Waals surface area contributed by atoms with Gasteiger partial charge in [-0.15, -0.1) is 0 Å². The van der Waals surface area contributed by atoms with Crippen molar-refractivity contribution in [3.05, 3.63) is 108 Å². The Balaban J connectivity index is 1.59. The lowest BCUT2D eigenvalue weighted by Crippen LogP contribution is -2.13. The number of hydrogen-bond donors (Lipinski definition) is 0. The van der Waals surface area contributed by atoms with E-state index in [2.05, 4.69) is 41.5 Å². The number of benzene rings is 2. The van der Waals surface area contributed by atoms with Crippen LogP contribution in [0.4, 0.5) is 0 Å². The minimum atomic E-state index is -0.150. The zero-order chi connectivity index (χ0) is 18.5. The third-order valence-electron chi connectivity index (χ3n) is 5.01. The van der Waals surface area contributed by atoms with Crippen molar-refractivity contribution >= 4 is 11.3 Å². The van der Waals surface area contributed by atoms with Gasteiger partial charge in [0.2, 0.25) is 0 Å². The lowest BCUT2D eigenvalue weighted by molar-refractivity contribution is 0.0955. The second kappa shape index (κ2) is 8.00. The fraction of sp³-hybridized carbons (Fsp3) is 0.167. The predicted octanol–water partition coefficient (Wildman–Crippen LogP) is 5.32. The van der Waals surface area contributed by atoms with E-state index in [1.54, 1.807) is 10.7 Å². The molecule has 0 aliphatic heterocycles. The molecule has 0 N–H and O–H groups in total. The van der Waals surface area contributed by atoms with Gasteiger partial charge in [-0.05, 0) is 42.5 Å². The molecule has 4 rings (SSSR count). The van der Waals surface area contributed by atoms with Crippen molar-refractivity contribution in [3.8, 4) is 0 Å². The maximum Gasteiger partial charge on any atom is 0.174 e. The van der Waals surface area contributed by atoms with Crippen LogP contribution in [-0.4, -0.2) is 15.4 Å². The van der Waals surface area contributed by atoms with Crippen molar-refractivity contribution in [1.82, 2.24) is 9.61 Å². The molecule has 2 heterocycles. The van der Waals surface area contributed by atoms with Crippen LogP contribution in [0.1, 0.15) is 40.2 Å². The van der Waals surface area contributed by atoms with Crippen molar-refractivity contribution in [2.75, 3.05) is 0 Å². The van der Waals surface area contributed by atoms with Crippen LogP contribution in [0.15, 0.2) is 91.3 Å². The summed E-state index contributed by atoms with van der Waals surface area (Å²) in [5, 5.41) is 4.34. The van der Waals surface area contributed by atoms with E-state index < -0.39 is 0 Å². The highest BCUT2D eigenvalue weighted by atomic mass is 16.1. The van der Waals surface area contributed by atoms with Crippen LogP contribution in [0.5, 0.6) is 0 Å². The van der Waals surface area contributed by atoms with Gasteiger partial charge in [-0.25, -0.2) is 4.52 Å². The van der Waals surface area contributed by atoms with Gasteiger partial charge >= 0.3 is 0 Å². The summed E-state index contributed by atoms with van der Waals surface area (Å²) in [5.41, 5.74) is 3.95. The second-order valence-electron chi connectivity index (χ2n) is 6.79. The van der Waals surface area contributed by atoms with E-state index in [0.29, 0.717) is 5.56 Å². The molecular weight excluding hydrogens is 332 g/mol. The number of ketones is 1. The van der Waals surface area contributed by atoms with Crippen LogP contribution < -0.4 is 0 Å². The van der Waals surface area contributed by atoms with Crippen molar-refractivity contribution < 1.29 is 4.79 Å². The summed E-state index contributed by atoms with van der Waals surface area (Å²) in [6.45, 7) is 0. The van der Waals surface area contributed by atoms with E-state index in [0.717, 1.165) is 30.3 Å². The maximum atomic E-state index is 13.4. The van der Waals surface area contributed by atoms with Gasteiger partial charge in [-0.2, -0.15) is 5.10 Å². The molecule has 4 aromatic rings. The third-order valence-corrected chi connectivity index (χ3v) is 5.01. The van der Waals surface area contributed by atoms with Gasteiger partial charge < -0.3 is 0 Å². The highest BCUT2D eigenvalue weighted by molar-refractivity contribution is 6.06. The van der Waals surface area contributed by atoms with Crippen LogP contribution >= 0.6 is 0 Å². The van der Waals surface area contributed by atoms with Crippen LogP contribution in [0, 0.1) is 0 Å². The topological polar surface area (TPSA) is 34.4 Å². The number of carbonyl (C=O) groups is 1. The fourth-order valence-corrected chi connectivity index (χ4v) is 3.60. The maximum absolute atomic E-state index is 13.4. The molecular formula is C24H22N2O. The van der Waals surface area contributed by atoms with Crippen molar-refractivity contribution in [2.45, 2.75) is 25.2 Å². The molecule has 0 amide bonds. The molecule has 1 atom stereocenters. The molecule has 2 aromatic heterocycles. The average Bonchev–Trinajstić information content (AvgIpc) is 3.16. The van der Waals surface area contributed by atoms with Crippen molar-refractivity contribution in [1.29, 1.82) is 0 Å². The summed E-state index contributed by atoms with van der Waals surface area (Å²) in [4.78, 5) is 13.4. The molecule has 0 aliphatic rings. The Bertz CT molecular complexity index is 1020. The summed E-state index contributed by atoms with van der Waals surface area (Å²) < 4.78 is 1.76. The monoisotopic (exact) mass is 354 g/mol. The van der Waals surface area contributed by atoms with Crippen molar-refractivity contribution in [3.63, 3.8) is 0 Å². The Kier molecular flexibility index (Phi) is 5.10. The van der Waals surface area contributed by atoms with Gasteiger partial charge in [0.05, 0.1) is 17.3 Å². The molecule has 0 aliphatic carbocycles. The first-order chi connectivity index (χ1) is 13.3. The second-order valence-corrected chi connectivity index (χ2v) is 6.79. The van der Waals surface area contributed by atoms with Crippen LogP contribution in [0.3, 0.4) is 0 Å². The first-order valence-corrected chi connectivity index (χ1v) is 9.38. The molecule has 0 fully saturated rings. The minimum absolute atomic E-state index is 0.149. The summed E-state index contributed by atoms with van der Waals surface area (Å²) in [6.07, 6.45) is 6.34. The van der Waals surface area contributed by atoms with Gasteiger partial charge in [0, 0.05) is 12.1 Å². The lowest BCUT2D eigenvalue weighted by atomic mass is 9.86. The Labute approximate surface area is 159 Å². The predicted molar refractivity (Wildman–Crippen MR) is 108 cm³/mol. The molecule has 0 saturated heterocycles. The molecule has 0 bridgehead atoms. The molecule has 0 saturated carbocycles. The highest BCUT2D eigenvalue weighted by Gasteiger charge is 2.24. The standard InChI is InChI=1S/C24H22N2O/c27-24(22-18-25-26-17-8-7-16-23(22)26)21(20-13-5-2-6-14-20)15-9-12-19-10-3-1-4-11-19/h1-8,10-11,13-14,16-18,21H,9,12,15H2. The van der Waals surface area contributed by atoms with Gasteiger partial charge in [-0.1, -0.05) is 66.7 Å². The summed E-state index contributed by atoms with van der Waals surface area (Å²) in [6, 6.07) is 26.4. The number of Topliss-reactive ketones (excluding diaryl/α,β-unsaturated/α-hetero) is 1. The number of fused-ring (bicyclic) bond motifs is 1. The third kappa shape index (κ3) is 3.82. The largest absolute Gasteiger partial charge is 0.293 e. The molecule has 27 heavy (non-hydrogen) atoms. The Morgan fingerprint density at radius 3 is 2.37 bits per heavy atom. The van der Waals surface area contributed by atoms with Gasteiger partial charge in [-0.3, -0.25) is 4.79 Å². The van der Waals surface area contributed by atoms with E-state index in [9.17, 15) is 4.79 Å². The van der Waals surface area contributed by atoms with E-state index >= 15 is 0 Å². The molecule has 3 heteroatoms. The normalized spacial score (nSPS) is 12.1. The summed E-state index contributed by atoms with van der Waals surface area (Å²) >= 11 is 0. The number of pyridine rings is 1. The molecule has 3 nitrogen and oxygen atoms in total. The SMILES string of the molecule is O=C(c1cnn2ccccc12)C(CCCc1ccccc1)c1ccccc1. The molecule has 134 valence electrons. The van der Waals surface area contributed by atoms with E-state index in [4.69, 9.17) is 0 Å². The average molecular weight is 354 g/mol. The van der Waals surface area contributed by atoms with E-state index in [1.165, 1.54) is 5.56 Å². The molecule has 0 radical (unpaired) electrons. The quantitative estimate of drug-likeness (QED) is 0.421. The summed E-state index contributed by atoms with van der Waals surface area (Å²) in [7, 11) is 0. The number of rotatable bonds is 7. The van der Waals surface area contributed by atoms with Gasteiger partial charge in [0.1, 0.15) is 0 Å². The minimum Gasteiger partial charge on any atom is -0.293 e. The highest BCUT2D eigenvalue weighted by Crippen LogP contribution is 2.28. The van der Waals surface area contributed by atoms with Crippen molar-refractivity contribution in [2.24, 2.45) is 0 Å². The van der Waals surface area contributed by atoms with Crippen LogP contribution in [0.25, 0.3) is 5.52 Å². The molecule has 2 aromatic carbocycles. The Morgan fingerprint density at radius 2 is 1.59 bits per heavy atom. The zero-order valence-corrected chi connectivity index (χ0v) is 15.2. The van der Waals surface area contributed by atoms with E-state index in [1.807, 2.05) is 48.7 Å². The summed E-state index contributed by atoms with van der Waals surface area (Å²) in [5.74, 6) is -0.00131. The lowest BCUT2D eigenvalue weighted by Gasteiger charge is -2.16.